The number of benzene rings is 1. The molecule has 1 aliphatic carbocycles. The molecule has 1 aromatic carbocycles. The van der Waals surface area contributed by atoms with E-state index in [1.165, 1.54) is 0 Å². The van der Waals surface area contributed by atoms with Gasteiger partial charge in [0.1, 0.15) is 23.5 Å². The van der Waals surface area contributed by atoms with Crippen molar-refractivity contribution in [3.8, 4) is 6.07 Å². The number of amides is 2. The van der Waals surface area contributed by atoms with E-state index in [0.717, 1.165) is 50.8 Å². The zero-order valence-corrected chi connectivity index (χ0v) is 21.2. The van der Waals surface area contributed by atoms with Gasteiger partial charge in [0.25, 0.3) is 0 Å². The molecule has 0 aromatic heterocycles. The maximum Gasteiger partial charge on any atom is 0.411 e. The molecule has 190 valence electrons. The minimum atomic E-state index is -0.884. The van der Waals surface area contributed by atoms with Crippen molar-refractivity contribution in [3.63, 3.8) is 0 Å². The SMILES string of the molecule is CN1CCC(c2ccc(CC(C#N)NC(=O)C3C4CCC(C4)N3C(=O)OC(C)(C)C)c(F)c2)CC1. The van der Waals surface area contributed by atoms with Gasteiger partial charge in [-0.3, -0.25) is 9.69 Å². The van der Waals surface area contributed by atoms with E-state index in [0.29, 0.717) is 11.5 Å². The first-order chi connectivity index (χ1) is 16.6. The van der Waals surface area contributed by atoms with Gasteiger partial charge < -0.3 is 15.0 Å². The smallest absolute Gasteiger partial charge is 0.411 e. The first-order valence-corrected chi connectivity index (χ1v) is 12.7. The molecule has 0 radical (unpaired) electrons. The van der Waals surface area contributed by atoms with E-state index in [-0.39, 0.29) is 30.1 Å². The van der Waals surface area contributed by atoms with E-state index < -0.39 is 23.8 Å². The van der Waals surface area contributed by atoms with Gasteiger partial charge in [0.05, 0.1) is 6.07 Å². The summed E-state index contributed by atoms with van der Waals surface area (Å²) in [6.07, 6.45) is 4.08. The molecule has 1 N–H and O–H groups in total. The van der Waals surface area contributed by atoms with Crippen molar-refractivity contribution in [2.24, 2.45) is 5.92 Å². The number of hydrogen-bond donors (Lipinski definition) is 1. The average molecular weight is 485 g/mol. The van der Waals surface area contributed by atoms with Gasteiger partial charge in [0.15, 0.2) is 0 Å². The Bertz CT molecular complexity index is 993. The molecule has 1 aromatic rings. The van der Waals surface area contributed by atoms with Crippen LogP contribution in [0.25, 0.3) is 0 Å². The zero-order valence-electron chi connectivity index (χ0n) is 21.2. The van der Waals surface area contributed by atoms with Crippen molar-refractivity contribution < 1.29 is 18.7 Å². The van der Waals surface area contributed by atoms with Gasteiger partial charge in [-0.25, -0.2) is 9.18 Å². The molecule has 7 nitrogen and oxygen atoms in total. The number of carbonyl (C=O) groups excluding carboxylic acids is 2. The molecule has 2 heterocycles. The van der Waals surface area contributed by atoms with Crippen molar-refractivity contribution in [3.05, 3.63) is 35.1 Å². The quantitative estimate of drug-likeness (QED) is 0.684. The lowest BCUT2D eigenvalue weighted by molar-refractivity contribution is -0.128. The highest BCUT2D eigenvalue weighted by molar-refractivity contribution is 5.87. The molecular formula is C27H37FN4O3. The summed E-state index contributed by atoms with van der Waals surface area (Å²) in [6.45, 7) is 7.39. The Morgan fingerprint density at radius 3 is 2.57 bits per heavy atom. The molecule has 35 heavy (non-hydrogen) atoms. The largest absolute Gasteiger partial charge is 0.444 e. The molecular weight excluding hydrogens is 447 g/mol. The highest BCUT2D eigenvalue weighted by Crippen LogP contribution is 2.43. The fourth-order valence-corrected chi connectivity index (χ4v) is 5.83. The minimum absolute atomic E-state index is 0.0179. The predicted octanol–water partition coefficient (Wildman–Crippen LogP) is 3.97. The highest BCUT2D eigenvalue weighted by atomic mass is 19.1. The molecule has 4 rings (SSSR count). The molecule has 2 bridgehead atoms. The maximum absolute atomic E-state index is 15.0. The molecule has 8 heteroatoms. The van der Waals surface area contributed by atoms with E-state index in [1.807, 2.05) is 6.07 Å². The van der Waals surface area contributed by atoms with Crippen LogP contribution in [-0.4, -0.2) is 65.7 Å². The Morgan fingerprint density at radius 2 is 1.94 bits per heavy atom. The summed E-state index contributed by atoms with van der Waals surface area (Å²) in [5.74, 6) is -0.306. The summed E-state index contributed by atoms with van der Waals surface area (Å²) in [5.41, 5.74) is 0.740. The van der Waals surface area contributed by atoms with Crippen molar-refractivity contribution >= 4 is 12.0 Å². The van der Waals surface area contributed by atoms with Gasteiger partial charge in [0, 0.05) is 12.5 Å². The number of fused-ring (bicyclic) bond motifs is 2. The first kappa shape index (κ1) is 25.4. The number of nitriles is 1. The summed E-state index contributed by atoms with van der Waals surface area (Å²) < 4.78 is 20.5. The van der Waals surface area contributed by atoms with Crippen LogP contribution in [0.3, 0.4) is 0 Å². The van der Waals surface area contributed by atoms with E-state index in [1.54, 1.807) is 37.8 Å². The zero-order chi connectivity index (χ0) is 25.3. The van der Waals surface area contributed by atoms with Gasteiger partial charge in [0.2, 0.25) is 5.91 Å². The molecule has 3 aliphatic rings. The van der Waals surface area contributed by atoms with E-state index in [4.69, 9.17) is 4.74 Å². The molecule has 0 spiro atoms. The normalized spacial score (nSPS) is 25.8. The summed E-state index contributed by atoms with van der Waals surface area (Å²) in [6, 6.07) is 5.82. The molecule has 4 atom stereocenters. The van der Waals surface area contributed by atoms with Crippen molar-refractivity contribution in [1.82, 2.24) is 15.1 Å². The monoisotopic (exact) mass is 484 g/mol. The number of rotatable bonds is 5. The van der Waals surface area contributed by atoms with Crippen LogP contribution in [0, 0.1) is 23.1 Å². The Kier molecular flexibility index (Phi) is 7.37. The lowest BCUT2D eigenvalue weighted by atomic mass is 9.88. The summed E-state index contributed by atoms with van der Waals surface area (Å²) in [5, 5.41) is 12.5. The van der Waals surface area contributed by atoms with Crippen molar-refractivity contribution in [1.29, 1.82) is 5.26 Å². The second-order valence-electron chi connectivity index (χ2n) is 11.4. The number of ether oxygens (including phenoxy) is 1. The molecule has 1 saturated carbocycles. The number of piperidine rings is 2. The minimum Gasteiger partial charge on any atom is -0.444 e. The van der Waals surface area contributed by atoms with Gasteiger partial charge in [-0.2, -0.15) is 5.26 Å². The molecule has 2 amide bonds. The van der Waals surface area contributed by atoms with Crippen LogP contribution in [0.2, 0.25) is 0 Å². The van der Waals surface area contributed by atoms with Crippen molar-refractivity contribution in [2.75, 3.05) is 20.1 Å². The molecule has 3 fully saturated rings. The van der Waals surface area contributed by atoms with Crippen molar-refractivity contribution in [2.45, 2.75) is 88.9 Å². The lowest BCUT2D eigenvalue weighted by Gasteiger charge is -2.35. The van der Waals surface area contributed by atoms with Gasteiger partial charge in [-0.15, -0.1) is 0 Å². The van der Waals surface area contributed by atoms with Gasteiger partial charge >= 0.3 is 6.09 Å². The maximum atomic E-state index is 15.0. The Balaban J connectivity index is 1.41. The van der Waals surface area contributed by atoms with Crippen LogP contribution in [0.5, 0.6) is 0 Å². The Morgan fingerprint density at radius 1 is 1.23 bits per heavy atom. The lowest BCUT2D eigenvalue weighted by Crippen LogP contribution is -2.55. The van der Waals surface area contributed by atoms with Gasteiger partial charge in [-0.1, -0.05) is 12.1 Å². The average Bonchev–Trinajstić information content (AvgIpc) is 3.41. The van der Waals surface area contributed by atoms with E-state index in [9.17, 15) is 19.2 Å². The Hall–Kier alpha value is -2.66. The van der Waals surface area contributed by atoms with Gasteiger partial charge in [-0.05, 0) is 102 Å². The second-order valence-corrected chi connectivity index (χ2v) is 11.4. The summed E-state index contributed by atoms with van der Waals surface area (Å²) in [7, 11) is 2.10. The van der Waals surface area contributed by atoms with Crippen LogP contribution in [0.15, 0.2) is 18.2 Å². The fourth-order valence-electron chi connectivity index (χ4n) is 5.83. The van der Waals surface area contributed by atoms with E-state index in [2.05, 4.69) is 23.3 Å². The van der Waals surface area contributed by atoms with Crippen LogP contribution in [0.1, 0.15) is 69.9 Å². The third kappa shape index (κ3) is 5.78. The van der Waals surface area contributed by atoms with Crippen LogP contribution in [-0.2, 0) is 16.0 Å². The third-order valence-corrected chi connectivity index (χ3v) is 7.62. The molecule has 4 unspecified atom stereocenters. The fraction of sp³-hybridized carbons (Fsp3) is 0.667. The molecule has 2 aliphatic heterocycles. The summed E-state index contributed by atoms with van der Waals surface area (Å²) in [4.78, 5) is 29.9. The van der Waals surface area contributed by atoms with Crippen LogP contribution in [0.4, 0.5) is 9.18 Å². The predicted molar refractivity (Wildman–Crippen MR) is 130 cm³/mol. The van der Waals surface area contributed by atoms with E-state index >= 15 is 0 Å². The standard InChI is InChI=1S/C27H37FN4O3/c1-27(2,3)35-26(34)32-22-8-7-20(14-22)24(32)25(33)30-21(16-29)13-19-6-5-18(15-23(19)28)17-9-11-31(4)12-10-17/h5-6,15,17,20-22,24H,7-14H2,1-4H3,(H,30,33). The third-order valence-electron chi connectivity index (χ3n) is 7.62. The first-order valence-electron chi connectivity index (χ1n) is 12.7. The summed E-state index contributed by atoms with van der Waals surface area (Å²) >= 11 is 0. The Labute approximate surface area is 207 Å². The number of carbonyl (C=O) groups is 2. The highest BCUT2D eigenvalue weighted by Gasteiger charge is 2.52. The molecule has 2 saturated heterocycles. The number of halogens is 1. The topological polar surface area (TPSA) is 85.7 Å². The van der Waals surface area contributed by atoms with Crippen LogP contribution >= 0.6 is 0 Å². The second kappa shape index (κ2) is 10.1. The number of hydrogen-bond acceptors (Lipinski definition) is 5. The number of likely N-dealkylation sites (tertiary alicyclic amines) is 2. The number of nitrogens with one attached hydrogen (secondary N) is 1. The van der Waals surface area contributed by atoms with Crippen LogP contribution < -0.4 is 5.32 Å². The number of nitrogens with zero attached hydrogens (tertiary/aromatic N) is 3.